The Kier molecular flexibility index (Phi) is 5.41. The Balaban J connectivity index is 1.94. The van der Waals surface area contributed by atoms with Crippen molar-refractivity contribution in [3.05, 3.63) is 34.9 Å². The molecule has 0 bridgehead atoms. The molecule has 1 aliphatic carbocycles. The summed E-state index contributed by atoms with van der Waals surface area (Å²) >= 11 is 5.93. The number of Topliss-reactive ketones (excluding diaryl/α,β-unsaturated/α-hetero) is 1. The van der Waals surface area contributed by atoms with Crippen LogP contribution in [0.15, 0.2) is 24.3 Å². The maximum absolute atomic E-state index is 12.2. The molecule has 0 unspecified atom stereocenters. The molecule has 0 atom stereocenters. The third-order valence-corrected chi connectivity index (χ3v) is 4.22. The minimum atomic E-state index is 0.161. The fraction of sp³-hybridized carbons (Fsp3) is 0.562. The molecule has 0 N–H and O–H groups in total. The van der Waals surface area contributed by atoms with Gasteiger partial charge in [0.05, 0.1) is 6.54 Å². The minimum absolute atomic E-state index is 0.161. The van der Waals surface area contributed by atoms with Gasteiger partial charge in [-0.05, 0) is 32.0 Å². The van der Waals surface area contributed by atoms with Crippen LogP contribution in [0, 0.1) is 0 Å². The molecule has 1 aromatic carbocycles. The van der Waals surface area contributed by atoms with Crippen LogP contribution in [0.4, 0.5) is 0 Å². The van der Waals surface area contributed by atoms with Crippen LogP contribution < -0.4 is 0 Å². The molecule has 1 saturated carbocycles. The number of hydrogen-bond acceptors (Lipinski definition) is 2. The highest BCUT2D eigenvalue weighted by atomic mass is 35.5. The molecule has 0 heterocycles. The third-order valence-electron chi connectivity index (χ3n) is 3.99. The third kappa shape index (κ3) is 4.32. The summed E-state index contributed by atoms with van der Waals surface area (Å²) < 4.78 is 0. The van der Waals surface area contributed by atoms with E-state index in [1.54, 1.807) is 12.1 Å². The van der Waals surface area contributed by atoms with E-state index in [2.05, 4.69) is 11.9 Å². The molecule has 2 nitrogen and oxygen atoms in total. The molecule has 1 aromatic rings. The van der Waals surface area contributed by atoms with E-state index < -0.39 is 0 Å². The van der Waals surface area contributed by atoms with E-state index >= 15 is 0 Å². The summed E-state index contributed by atoms with van der Waals surface area (Å²) in [6.07, 6.45) is 7.71. The average molecular weight is 280 g/mol. The summed E-state index contributed by atoms with van der Waals surface area (Å²) in [6, 6.07) is 7.79. The molecule has 1 fully saturated rings. The minimum Gasteiger partial charge on any atom is -0.296 e. The number of likely N-dealkylation sites (N-methyl/N-ethyl adjacent to an activating group) is 1. The average Bonchev–Trinajstić information content (AvgIpc) is 2.67. The van der Waals surface area contributed by atoms with Crippen LogP contribution in [-0.4, -0.2) is 30.3 Å². The monoisotopic (exact) mass is 279 g/mol. The Labute approximate surface area is 120 Å². The number of carbonyl (C=O) groups is 1. The lowest BCUT2D eigenvalue weighted by Crippen LogP contribution is -2.35. The summed E-state index contributed by atoms with van der Waals surface area (Å²) in [4.78, 5) is 14.5. The predicted octanol–water partition coefficient (Wildman–Crippen LogP) is 4.18. The first kappa shape index (κ1) is 14.5. The van der Waals surface area contributed by atoms with Gasteiger partial charge in [-0.15, -0.1) is 0 Å². The van der Waals surface area contributed by atoms with E-state index in [0.717, 1.165) is 0 Å². The first-order chi connectivity index (χ1) is 9.16. The van der Waals surface area contributed by atoms with Crippen molar-refractivity contribution in [2.45, 2.75) is 44.6 Å². The quantitative estimate of drug-likeness (QED) is 0.609. The Bertz CT molecular complexity index is 425. The molecule has 3 heteroatoms. The first-order valence-corrected chi connectivity index (χ1v) is 7.53. The van der Waals surface area contributed by atoms with Crippen LogP contribution in [0.2, 0.25) is 5.02 Å². The zero-order valence-electron chi connectivity index (χ0n) is 11.6. The van der Waals surface area contributed by atoms with Gasteiger partial charge in [0.25, 0.3) is 0 Å². The molecule has 0 radical (unpaired) electrons. The SMILES string of the molecule is CN(CC(=O)c1cccc(Cl)c1)C1CCCCCC1. The summed E-state index contributed by atoms with van der Waals surface area (Å²) in [5.74, 6) is 0.161. The lowest BCUT2D eigenvalue weighted by molar-refractivity contribution is 0.0912. The fourth-order valence-electron chi connectivity index (χ4n) is 2.81. The number of nitrogens with zero attached hydrogens (tertiary/aromatic N) is 1. The van der Waals surface area contributed by atoms with Crippen molar-refractivity contribution in [3.8, 4) is 0 Å². The summed E-state index contributed by atoms with van der Waals surface area (Å²) in [7, 11) is 2.07. The normalized spacial score (nSPS) is 17.4. The molecule has 104 valence electrons. The Morgan fingerprint density at radius 2 is 1.95 bits per heavy atom. The van der Waals surface area contributed by atoms with Crippen molar-refractivity contribution < 1.29 is 4.79 Å². The maximum atomic E-state index is 12.2. The molecule has 0 spiro atoms. The maximum Gasteiger partial charge on any atom is 0.176 e. The summed E-state index contributed by atoms with van der Waals surface area (Å²) in [5.41, 5.74) is 0.716. The number of halogens is 1. The Hall–Kier alpha value is -0.860. The highest BCUT2D eigenvalue weighted by molar-refractivity contribution is 6.31. The van der Waals surface area contributed by atoms with Crippen molar-refractivity contribution in [1.29, 1.82) is 0 Å². The highest BCUT2D eigenvalue weighted by Crippen LogP contribution is 2.21. The molecule has 2 rings (SSSR count). The molecule has 0 saturated heterocycles. The lowest BCUT2D eigenvalue weighted by Gasteiger charge is -2.26. The van der Waals surface area contributed by atoms with Gasteiger partial charge in [-0.2, -0.15) is 0 Å². The van der Waals surface area contributed by atoms with Crippen LogP contribution in [0.3, 0.4) is 0 Å². The molecule has 0 aliphatic heterocycles. The van der Waals surface area contributed by atoms with Gasteiger partial charge in [0, 0.05) is 16.6 Å². The van der Waals surface area contributed by atoms with Gasteiger partial charge in [0.15, 0.2) is 5.78 Å². The second kappa shape index (κ2) is 7.06. The van der Waals surface area contributed by atoms with Crippen molar-refractivity contribution >= 4 is 17.4 Å². The Morgan fingerprint density at radius 3 is 2.58 bits per heavy atom. The van der Waals surface area contributed by atoms with Crippen molar-refractivity contribution in [3.63, 3.8) is 0 Å². The van der Waals surface area contributed by atoms with Crippen molar-refractivity contribution in [2.75, 3.05) is 13.6 Å². The number of ketones is 1. The number of hydrogen-bond donors (Lipinski definition) is 0. The van der Waals surface area contributed by atoms with Gasteiger partial charge in [-0.3, -0.25) is 9.69 Å². The van der Waals surface area contributed by atoms with E-state index in [9.17, 15) is 4.79 Å². The second-order valence-corrected chi connectivity index (χ2v) is 5.93. The zero-order valence-corrected chi connectivity index (χ0v) is 12.3. The second-order valence-electron chi connectivity index (χ2n) is 5.49. The number of benzene rings is 1. The highest BCUT2D eigenvalue weighted by Gasteiger charge is 2.19. The molecular weight excluding hydrogens is 258 g/mol. The van der Waals surface area contributed by atoms with E-state index in [0.29, 0.717) is 23.2 Å². The van der Waals surface area contributed by atoms with Gasteiger partial charge in [-0.25, -0.2) is 0 Å². The molecule has 1 aliphatic rings. The van der Waals surface area contributed by atoms with E-state index in [-0.39, 0.29) is 5.78 Å². The topological polar surface area (TPSA) is 20.3 Å². The van der Waals surface area contributed by atoms with Gasteiger partial charge in [-0.1, -0.05) is 49.4 Å². The van der Waals surface area contributed by atoms with Crippen molar-refractivity contribution in [2.24, 2.45) is 0 Å². The van der Waals surface area contributed by atoms with Crippen LogP contribution in [0.25, 0.3) is 0 Å². The zero-order chi connectivity index (χ0) is 13.7. The van der Waals surface area contributed by atoms with Crippen molar-refractivity contribution in [1.82, 2.24) is 4.90 Å². The van der Waals surface area contributed by atoms with Crippen LogP contribution >= 0.6 is 11.6 Å². The van der Waals surface area contributed by atoms with E-state index in [1.165, 1.54) is 38.5 Å². The smallest absolute Gasteiger partial charge is 0.176 e. The molecule has 0 aromatic heterocycles. The van der Waals surface area contributed by atoms with Crippen LogP contribution in [-0.2, 0) is 0 Å². The number of carbonyl (C=O) groups excluding carboxylic acids is 1. The lowest BCUT2D eigenvalue weighted by atomic mass is 10.1. The van der Waals surface area contributed by atoms with Gasteiger partial charge < -0.3 is 0 Å². The van der Waals surface area contributed by atoms with Gasteiger partial charge in [0.2, 0.25) is 0 Å². The predicted molar refractivity (Wildman–Crippen MR) is 79.9 cm³/mol. The van der Waals surface area contributed by atoms with E-state index in [4.69, 9.17) is 11.6 Å². The Morgan fingerprint density at radius 1 is 1.26 bits per heavy atom. The molecule has 19 heavy (non-hydrogen) atoms. The fourth-order valence-corrected chi connectivity index (χ4v) is 3.00. The largest absolute Gasteiger partial charge is 0.296 e. The summed E-state index contributed by atoms with van der Waals surface area (Å²) in [6.45, 7) is 0.491. The molecule has 0 amide bonds. The van der Waals surface area contributed by atoms with Gasteiger partial charge in [0.1, 0.15) is 0 Å². The standard InChI is InChI=1S/C16H22ClNO/c1-18(15-9-4-2-3-5-10-15)12-16(19)13-7-6-8-14(17)11-13/h6-8,11,15H,2-5,9-10,12H2,1H3. The van der Waals surface area contributed by atoms with Gasteiger partial charge >= 0.3 is 0 Å². The van der Waals surface area contributed by atoms with E-state index in [1.807, 2.05) is 12.1 Å². The summed E-state index contributed by atoms with van der Waals surface area (Å²) in [5, 5.41) is 0.628. The van der Waals surface area contributed by atoms with Crippen LogP contribution in [0.1, 0.15) is 48.9 Å². The van der Waals surface area contributed by atoms with Crippen LogP contribution in [0.5, 0.6) is 0 Å². The molecular formula is C16H22ClNO. The number of rotatable bonds is 4. The first-order valence-electron chi connectivity index (χ1n) is 7.16.